The number of fused-ring (bicyclic) bond motifs is 1. The second-order valence-corrected chi connectivity index (χ2v) is 9.92. The number of amides is 1. The van der Waals surface area contributed by atoms with Crippen LogP contribution in [0.25, 0.3) is 10.9 Å². The summed E-state index contributed by atoms with van der Waals surface area (Å²) in [6, 6.07) is 4.21. The van der Waals surface area contributed by atoms with Crippen LogP contribution >= 0.6 is 0 Å². The predicted octanol–water partition coefficient (Wildman–Crippen LogP) is 3.46. The van der Waals surface area contributed by atoms with Gasteiger partial charge >= 0.3 is 0 Å². The summed E-state index contributed by atoms with van der Waals surface area (Å²) in [4.78, 5) is 15.6. The second kappa shape index (κ2) is 7.43. The number of carbonyl (C=O) groups is 1. The first-order valence-corrected chi connectivity index (χ1v) is 11.1. The number of aromatic nitrogens is 1. The van der Waals surface area contributed by atoms with Crippen LogP contribution in [0.1, 0.15) is 54.5 Å². The van der Waals surface area contributed by atoms with Crippen LogP contribution in [0.3, 0.4) is 0 Å². The van der Waals surface area contributed by atoms with Crippen LogP contribution in [-0.2, 0) is 21.2 Å². The first kappa shape index (κ1) is 19.0. The summed E-state index contributed by atoms with van der Waals surface area (Å²) in [5.41, 5.74) is 5.57. The topological polar surface area (TPSA) is 79.0 Å². The van der Waals surface area contributed by atoms with Gasteiger partial charge in [-0.1, -0.05) is 24.5 Å². The molecular formula is C20H28N2O3S. The molecule has 0 atom stereocenters. The number of rotatable bonds is 6. The van der Waals surface area contributed by atoms with Gasteiger partial charge in [0.25, 0.3) is 0 Å². The van der Waals surface area contributed by atoms with Gasteiger partial charge in [-0.05, 0) is 50.8 Å². The van der Waals surface area contributed by atoms with Gasteiger partial charge in [-0.15, -0.1) is 0 Å². The highest BCUT2D eigenvalue weighted by Crippen LogP contribution is 2.27. The lowest BCUT2D eigenvalue weighted by Gasteiger charge is -2.11. The number of hydrogen-bond donors (Lipinski definition) is 2. The Morgan fingerprint density at radius 3 is 2.58 bits per heavy atom. The third-order valence-corrected chi connectivity index (χ3v) is 7.80. The van der Waals surface area contributed by atoms with Gasteiger partial charge in [0, 0.05) is 24.0 Å². The number of benzene rings is 1. The first-order valence-electron chi connectivity index (χ1n) is 9.34. The van der Waals surface area contributed by atoms with E-state index in [1.165, 1.54) is 10.9 Å². The zero-order valence-electron chi connectivity index (χ0n) is 15.8. The van der Waals surface area contributed by atoms with E-state index < -0.39 is 9.84 Å². The summed E-state index contributed by atoms with van der Waals surface area (Å²) in [5, 5.41) is 3.82. The van der Waals surface area contributed by atoms with Crippen LogP contribution in [-0.4, -0.2) is 30.3 Å². The Kier molecular flexibility index (Phi) is 5.42. The molecule has 1 aliphatic rings. The third kappa shape index (κ3) is 3.95. The monoisotopic (exact) mass is 376 g/mol. The van der Waals surface area contributed by atoms with Gasteiger partial charge in [-0.2, -0.15) is 0 Å². The minimum absolute atomic E-state index is 0.0383. The Balaban J connectivity index is 1.63. The highest BCUT2D eigenvalue weighted by Gasteiger charge is 2.28. The van der Waals surface area contributed by atoms with E-state index in [-0.39, 0.29) is 23.3 Å². The van der Waals surface area contributed by atoms with Gasteiger partial charge < -0.3 is 10.3 Å². The number of aromatic amines is 1. The fourth-order valence-corrected chi connectivity index (χ4v) is 5.71. The van der Waals surface area contributed by atoms with Gasteiger partial charge in [0.2, 0.25) is 5.91 Å². The van der Waals surface area contributed by atoms with Gasteiger partial charge in [0.15, 0.2) is 9.84 Å². The molecule has 0 bridgehead atoms. The number of hydrogen-bond acceptors (Lipinski definition) is 3. The molecule has 1 aromatic heterocycles. The van der Waals surface area contributed by atoms with Crippen molar-refractivity contribution >= 4 is 26.6 Å². The van der Waals surface area contributed by atoms with Crippen molar-refractivity contribution in [2.45, 2.75) is 64.7 Å². The normalized spacial score (nSPS) is 15.7. The molecule has 0 spiro atoms. The van der Waals surface area contributed by atoms with Crippen LogP contribution in [0.4, 0.5) is 0 Å². The predicted molar refractivity (Wildman–Crippen MR) is 105 cm³/mol. The highest BCUT2D eigenvalue weighted by molar-refractivity contribution is 7.92. The maximum absolute atomic E-state index is 12.3. The van der Waals surface area contributed by atoms with Gasteiger partial charge in [-0.25, -0.2) is 8.42 Å². The number of aryl methyl sites for hydroxylation is 3. The first-order chi connectivity index (χ1) is 12.3. The van der Waals surface area contributed by atoms with Crippen LogP contribution in [0.2, 0.25) is 0 Å². The van der Waals surface area contributed by atoms with Crippen molar-refractivity contribution in [2.24, 2.45) is 0 Å². The van der Waals surface area contributed by atoms with Crippen molar-refractivity contribution in [3.63, 3.8) is 0 Å². The molecule has 5 nitrogen and oxygen atoms in total. The Hall–Kier alpha value is -1.82. The second-order valence-electron chi connectivity index (χ2n) is 7.52. The van der Waals surface area contributed by atoms with Gasteiger partial charge in [0.05, 0.1) is 16.5 Å². The van der Waals surface area contributed by atoms with Crippen molar-refractivity contribution in [1.82, 2.24) is 10.3 Å². The summed E-state index contributed by atoms with van der Waals surface area (Å²) >= 11 is 0. The minimum Gasteiger partial charge on any atom is -0.358 e. The molecule has 1 aliphatic carbocycles. The molecule has 0 aliphatic heterocycles. The van der Waals surface area contributed by atoms with Crippen molar-refractivity contribution < 1.29 is 13.2 Å². The molecule has 3 rings (SSSR count). The number of sulfone groups is 1. The number of H-pyrrole nitrogens is 1. The molecular weight excluding hydrogens is 348 g/mol. The van der Waals surface area contributed by atoms with Crippen molar-refractivity contribution in [1.29, 1.82) is 0 Å². The van der Waals surface area contributed by atoms with E-state index in [0.29, 0.717) is 6.54 Å². The summed E-state index contributed by atoms with van der Waals surface area (Å²) in [5.74, 6) is -0.255. The van der Waals surface area contributed by atoms with Crippen molar-refractivity contribution in [3.05, 3.63) is 34.5 Å². The van der Waals surface area contributed by atoms with E-state index >= 15 is 0 Å². The molecule has 1 amide bonds. The molecule has 142 valence electrons. The summed E-state index contributed by atoms with van der Waals surface area (Å²) in [7, 11) is -3.15. The fourth-order valence-electron chi connectivity index (χ4n) is 3.86. The molecule has 2 N–H and O–H groups in total. The zero-order valence-corrected chi connectivity index (χ0v) is 16.6. The third-order valence-electron chi connectivity index (χ3n) is 5.54. The van der Waals surface area contributed by atoms with Gasteiger partial charge in [0.1, 0.15) is 0 Å². The fraction of sp³-hybridized carbons (Fsp3) is 0.550. The van der Waals surface area contributed by atoms with Crippen molar-refractivity contribution in [3.8, 4) is 0 Å². The molecule has 1 heterocycles. The molecule has 6 heteroatoms. The number of nitrogens with one attached hydrogen (secondary N) is 2. The molecule has 0 radical (unpaired) electrons. The lowest BCUT2D eigenvalue weighted by Crippen LogP contribution is -2.28. The Labute approximate surface area is 155 Å². The molecule has 0 unspecified atom stereocenters. The largest absolute Gasteiger partial charge is 0.358 e. The number of carbonyl (C=O) groups excluding carboxylic acids is 1. The zero-order chi connectivity index (χ0) is 18.9. The van der Waals surface area contributed by atoms with E-state index in [0.717, 1.165) is 48.0 Å². The van der Waals surface area contributed by atoms with Crippen molar-refractivity contribution in [2.75, 3.05) is 5.75 Å². The molecule has 0 saturated heterocycles. The average molecular weight is 377 g/mol. The molecule has 2 aromatic rings. The Bertz CT molecular complexity index is 922. The van der Waals surface area contributed by atoms with Crippen LogP contribution in [0.15, 0.2) is 12.1 Å². The maximum atomic E-state index is 12.3. The lowest BCUT2D eigenvalue weighted by molar-refractivity contribution is -0.120. The molecule has 1 saturated carbocycles. The Morgan fingerprint density at radius 2 is 1.88 bits per heavy atom. The van der Waals surface area contributed by atoms with E-state index in [1.54, 1.807) is 0 Å². The lowest BCUT2D eigenvalue weighted by atomic mass is 10.0. The van der Waals surface area contributed by atoms with E-state index in [1.807, 2.05) is 13.8 Å². The highest BCUT2D eigenvalue weighted by atomic mass is 32.2. The van der Waals surface area contributed by atoms with E-state index in [2.05, 4.69) is 29.4 Å². The SMILES string of the molecule is Cc1cc(CNC(=O)CCS(=O)(=O)C2CCCC2)c2[nH]c(C)c(C)c2c1. The minimum atomic E-state index is -3.15. The molecule has 26 heavy (non-hydrogen) atoms. The van der Waals surface area contributed by atoms with Crippen LogP contribution in [0, 0.1) is 20.8 Å². The van der Waals surface area contributed by atoms with Crippen LogP contribution in [0.5, 0.6) is 0 Å². The summed E-state index contributed by atoms with van der Waals surface area (Å²) in [6.07, 6.45) is 3.49. The van der Waals surface area contributed by atoms with E-state index in [9.17, 15) is 13.2 Å². The summed E-state index contributed by atoms with van der Waals surface area (Å²) in [6.45, 7) is 6.57. The molecule has 1 fully saturated rings. The average Bonchev–Trinajstić information content (AvgIpc) is 3.22. The summed E-state index contributed by atoms with van der Waals surface area (Å²) < 4.78 is 24.6. The van der Waals surface area contributed by atoms with E-state index in [4.69, 9.17) is 0 Å². The quantitative estimate of drug-likeness (QED) is 0.810. The Morgan fingerprint density at radius 1 is 1.19 bits per heavy atom. The smallest absolute Gasteiger partial charge is 0.221 e. The standard InChI is InChI=1S/C20H28N2O3S/c1-13-10-16(20-18(11-13)14(2)15(3)22-20)12-21-19(23)8-9-26(24,25)17-6-4-5-7-17/h10-11,17,22H,4-9,12H2,1-3H3,(H,21,23). The maximum Gasteiger partial charge on any atom is 0.221 e. The van der Waals surface area contributed by atoms with Crippen LogP contribution < -0.4 is 5.32 Å². The molecule has 1 aromatic carbocycles. The van der Waals surface area contributed by atoms with Gasteiger partial charge in [-0.3, -0.25) is 4.79 Å².